The quantitative estimate of drug-likeness (QED) is 0.374. The maximum absolute atomic E-state index is 11.7. The van der Waals surface area contributed by atoms with Gasteiger partial charge in [-0.3, -0.25) is 10.1 Å². The molecule has 1 aromatic heterocycles. The van der Waals surface area contributed by atoms with Gasteiger partial charge in [-0.2, -0.15) is 0 Å². The van der Waals surface area contributed by atoms with Crippen LogP contribution >= 0.6 is 11.3 Å². The molecule has 0 aliphatic heterocycles. The molecule has 0 N–H and O–H groups in total. The van der Waals surface area contributed by atoms with Gasteiger partial charge in [0.1, 0.15) is 0 Å². The van der Waals surface area contributed by atoms with E-state index in [9.17, 15) is 14.9 Å². The number of benzene rings is 1. The number of carbonyl (C=O) groups excluding carboxylic acids is 1. The summed E-state index contributed by atoms with van der Waals surface area (Å²) in [6.45, 7) is 1.71. The second-order valence-corrected chi connectivity index (χ2v) is 4.79. The summed E-state index contributed by atoms with van der Waals surface area (Å²) in [5.74, 6) is -0.732. The third-order valence-corrected chi connectivity index (χ3v) is 3.41. The molecule has 0 amide bonds. The first kappa shape index (κ1) is 13.9. The van der Waals surface area contributed by atoms with Crippen LogP contribution in [0.3, 0.4) is 0 Å². The van der Waals surface area contributed by atoms with Gasteiger partial charge in [-0.1, -0.05) is 17.3 Å². The maximum atomic E-state index is 11.7. The first-order chi connectivity index (χ1) is 9.58. The standard InChI is InChI=1S/C13H10N2O4S/c1-9(12-6-3-7-20-12)14-19-13(16)10-4-2-5-11(8-10)15(17)18/h2-8H,1H3/b14-9+. The van der Waals surface area contributed by atoms with Crippen LogP contribution in [0.4, 0.5) is 5.69 Å². The van der Waals surface area contributed by atoms with Crippen LogP contribution in [0.2, 0.25) is 0 Å². The topological polar surface area (TPSA) is 81.8 Å². The second-order valence-electron chi connectivity index (χ2n) is 3.84. The predicted octanol–water partition coefficient (Wildman–Crippen LogP) is 3.24. The summed E-state index contributed by atoms with van der Waals surface area (Å²) in [5.41, 5.74) is 0.485. The molecule has 20 heavy (non-hydrogen) atoms. The van der Waals surface area contributed by atoms with Crippen LogP contribution in [0.1, 0.15) is 22.2 Å². The molecular weight excluding hydrogens is 280 g/mol. The highest BCUT2D eigenvalue weighted by atomic mass is 32.1. The van der Waals surface area contributed by atoms with E-state index in [4.69, 9.17) is 4.84 Å². The number of hydrogen-bond donors (Lipinski definition) is 0. The number of thiophene rings is 1. The van der Waals surface area contributed by atoms with Gasteiger partial charge in [0, 0.05) is 12.1 Å². The van der Waals surface area contributed by atoms with Crippen LogP contribution in [0.5, 0.6) is 0 Å². The van der Waals surface area contributed by atoms with Crippen LogP contribution in [0.15, 0.2) is 46.9 Å². The van der Waals surface area contributed by atoms with Gasteiger partial charge in [-0.15, -0.1) is 11.3 Å². The van der Waals surface area contributed by atoms with Crippen molar-refractivity contribution in [2.75, 3.05) is 0 Å². The molecular formula is C13H10N2O4S. The van der Waals surface area contributed by atoms with E-state index in [1.807, 2.05) is 17.5 Å². The molecule has 0 spiro atoms. The van der Waals surface area contributed by atoms with E-state index in [1.165, 1.54) is 29.5 Å². The fourth-order valence-corrected chi connectivity index (χ4v) is 2.11. The van der Waals surface area contributed by atoms with Gasteiger partial charge >= 0.3 is 5.97 Å². The summed E-state index contributed by atoms with van der Waals surface area (Å²) in [6, 6.07) is 9.03. The van der Waals surface area contributed by atoms with Crippen LogP contribution in [0.25, 0.3) is 0 Å². The average molecular weight is 290 g/mol. The van der Waals surface area contributed by atoms with Crippen LogP contribution in [-0.2, 0) is 4.84 Å². The molecule has 0 atom stereocenters. The SMILES string of the molecule is C/C(=N\OC(=O)c1cccc([N+](=O)[O-])c1)c1cccs1. The molecule has 7 heteroatoms. The summed E-state index contributed by atoms with van der Waals surface area (Å²) < 4.78 is 0. The van der Waals surface area contributed by atoms with E-state index < -0.39 is 10.9 Å². The van der Waals surface area contributed by atoms with Gasteiger partial charge in [0.05, 0.1) is 21.1 Å². The van der Waals surface area contributed by atoms with Gasteiger partial charge in [-0.05, 0) is 24.4 Å². The molecule has 0 aliphatic rings. The summed E-state index contributed by atoms with van der Waals surface area (Å²) in [4.78, 5) is 27.5. The average Bonchev–Trinajstić information content (AvgIpc) is 2.98. The van der Waals surface area contributed by atoms with Crippen LogP contribution < -0.4 is 0 Å². The largest absolute Gasteiger partial charge is 0.365 e. The molecule has 0 bridgehead atoms. The number of rotatable bonds is 4. The third kappa shape index (κ3) is 3.27. The van der Waals surface area contributed by atoms with Gasteiger partial charge in [0.25, 0.3) is 5.69 Å². The number of hydrogen-bond acceptors (Lipinski definition) is 6. The van der Waals surface area contributed by atoms with E-state index in [0.717, 1.165) is 10.9 Å². The molecule has 1 heterocycles. The maximum Gasteiger partial charge on any atom is 0.365 e. The second kappa shape index (κ2) is 6.07. The highest BCUT2D eigenvalue weighted by Crippen LogP contribution is 2.14. The normalized spacial score (nSPS) is 11.2. The number of non-ortho nitro benzene ring substituents is 1. The van der Waals surface area contributed by atoms with Crippen molar-refractivity contribution >= 4 is 28.7 Å². The molecule has 102 valence electrons. The fraction of sp³-hybridized carbons (Fsp3) is 0.0769. The third-order valence-electron chi connectivity index (χ3n) is 2.44. The van der Waals surface area contributed by atoms with Crippen molar-refractivity contribution in [1.29, 1.82) is 0 Å². The number of nitro groups is 1. The minimum atomic E-state index is -0.732. The number of carbonyl (C=O) groups is 1. The molecule has 2 aromatic rings. The molecule has 2 rings (SSSR count). The zero-order valence-electron chi connectivity index (χ0n) is 10.5. The van der Waals surface area contributed by atoms with Gasteiger partial charge in [-0.25, -0.2) is 4.79 Å². The number of nitrogens with zero attached hydrogens (tertiary/aromatic N) is 2. The Labute approximate surface area is 118 Å². The Bertz CT molecular complexity index is 665. The lowest BCUT2D eigenvalue weighted by Gasteiger charge is -1.99. The zero-order valence-corrected chi connectivity index (χ0v) is 11.3. The minimum Gasteiger partial charge on any atom is -0.313 e. The van der Waals surface area contributed by atoms with Gasteiger partial charge < -0.3 is 4.84 Å². The predicted molar refractivity (Wildman–Crippen MR) is 75.0 cm³/mol. The van der Waals surface area contributed by atoms with E-state index in [-0.39, 0.29) is 11.3 Å². The number of nitro benzene ring substituents is 1. The Morgan fingerprint density at radius 3 is 2.80 bits per heavy atom. The van der Waals surface area contributed by atoms with Gasteiger partial charge in [0.2, 0.25) is 0 Å². The molecule has 0 saturated carbocycles. The highest BCUT2D eigenvalue weighted by molar-refractivity contribution is 7.12. The Morgan fingerprint density at radius 2 is 2.15 bits per heavy atom. The van der Waals surface area contributed by atoms with Crippen molar-refractivity contribution in [2.24, 2.45) is 5.16 Å². The molecule has 0 fully saturated rings. The lowest BCUT2D eigenvalue weighted by Crippen LogP contribution is -2.03. The van der Waals surface area contributed by atoms with E-state index >= 15 is 0 Å². The smallest absolute Gasteiger partial charge is 0.313 e. The highest BCUT2D eigenvalue weighted by Gasteiger charge is 2.13. The summed E-state index contributed by atoms with van der Waals surface area (Å²) in [5, 5.41) is 16.2. The summed E-state index contributed by atoms with van der Waals surface area (Å²) >= 11 is 1.47. The van der Waals surface area contributed by atoms with Crippen molar-refractivity contribution in [2.45, 2.75) is 6.92 Å². The van der Waals surface area contributed by atoms with Crippen molar-refractivity contribution in [1.82, 2.24) is 0 Å². The lowest BCUT2D eigenvalue weighted by atomic mass is 10.2. The van der Waals surface area contributed by atoms with Crippen molar-refractivity contribution < 1.29 is 14.6 Å². The number of oxime groups is 1. The van der Waals surface area contributed by atoms with E-state index in [0.29, 0.717) is 5.71 Å². The summed E-state index contributed by atoms with van der Waals surface area (Å²) in [7, 11) is 0. The van der Waals surface area contributed by atoms with Crippen LogP contribution in [-0.4, -0.2) is 16.6 Å². The Morgan fingerprint density at radius 1 is 1.35 bits per heavy atom. The monoisotopic (exact) mass is 290 g/mol. The molecule has 6 nitrogen and oxygen atoms in total. The summed E-state index contributed by atoms with van der Waals surface area (Å²) in [6.07, 6.45) is 0. The fourth-order valence-electron chi connectivity index (χ4n) is 1.44. The van der Waals surface area contributed by atoms with Crippen LogP contribution in [0, 0.1) is 10.1 Å². The zero-order chi connectivity index (χ0) is 14.5. The Kier molecular flexibility index (Phi) is 4.21. The lowest BCUT2D eigenvalue weighted by molar-refractivity contribution is -0.384. The van der Waals surface area contributed by atoms with E-state index in [1.54, 1.807) is 6.92 Å². The Balaban J connectivity index is 2.11. The molecule has 1 aromatic carbocycles. The molecule has 0 radical (unpaired) electrons. The van der Waals surface area contributed by atoms with Crippen molar-refractivity contribution in [3.8, 4) is 0 Å². The van der Waals surface area contributed by atoms with Crippen molar-refractivity contribution in [3.05, 3.63) is 62.3 Å². The minimum absolute atomic E-state index is 0.0851. The Hall–Kier alpha value is -2.54. The van der Waals surface area contributed by atoms with Crippen molar-refractivity contribution in [3.63, 3.8) is 0 Å². The first-order valence-corrected chi connectivity index (χ1v) is 6.50. The van der Waals surface area contributed by atoms with E-state index in [2.05, 4.69) is 5.16 Å². The molecule has 0 unspecified atom stereocenters. The molecule has 0 aliphatic carbocycles. The molecule has 0 saturated heterocycles. The van der Waals surface area contributed by atoms with Gasteiger partial charge in [0.15, 0.2) is 0 Å². The first-order valence-electron chi connectivity index (χ1n) is 5.62.